The second kappa shape index (κ2) is 3.30. The summed E-state index contributed by atoms with van der Waals surface area (Å²) in [5, 5.41) is 0. The average molecular weight is 146 g/mol. The van der Waals surface area contributed by atoms with Crippen molar-refractivity contribution >= 4 is 0 Å². The van der Waals surface area contributed by atoms with Crippen molar-refractivity contribution in [2.75, 3.05) is 33.1 Å². The minimum atomic E-state index is -0.127. The maximum absolute atomic E-state index is 5.51. The highest BCUT2D eigenvalue weighted by Crippen LogP contribution is 2.18. The van der Waals surface area contributed by atoms with Crippen molar-refractivity contribution in [1.29, 1.82) is 0 Å². The molecule has 0 saturated carbocycles. The number of nitrogens with two attached hydrogens (primary N) is 2. The van der Waals surface area contributed by atoms with E-state index in [9.17, 15) is 0 Å². The molecule has 0 spiro atoms. The summed E-state index contributed by atoms with van der Waals surface area (Å²) in [6.07, 6.45) is 0. The smallest absolute Gasteiger partial charge is 0.146 e. The molecule has 0 aromatic carbocycles. The lowest BCUT2D eigenvalue weighted by Crippen LogP contribution is -2.48. The fraction of sp³-hybridized carbons (Fsp3) is 1.00. The molecule has 1 aliphatic rings. The van der Waals surface area contributed by atoms with Crippen LogP contribution in [0, 0.1) is 5.41 Å². The van der Waals surface area contributed by atoms with Gasteiger partial charge in [-0.05, 0) is 0 Å². The van der Waals surface area contributed by atoms with E-state index in [-0.39, 0.29) is 5.41 Å². The number of hydrogen-bond donors (Lipinski definition) is 2. The van der Waals surface area contributed by atoms with E-state index in [0.29, 0.717) is 33.1 Å². The van der Waals surface area contributed by atoms with E-state index in [2.05, 4.69) is 0 Å². The van der Waals surface area contributed by atoms with Crippen LogP contribution in [0.4, 0.5) is 0 Å². The molecule has 0 aliphatic carbocycles. The normalized spacial score (nSPS) is 24.6. The standard InChI is InChI=1S/C6H14N2O2/c7-1-6(2-8)3-9-5-10-4-6/h1-5,7-8H2. The van der Waals surface area contributed by atoms with E-state index >= 15 is 0 Å². The monoisotopic (exact) mass is 146 g/mol. The molecular formula is C6H14N2O2. The second-order valence-corrected chi connectivity index (χ2v) is 2.72. The SMILES string of the molecule is NCC1(CN)COCOC1. The van der Waals surface area contributed by atoms with Gasteiger partial charge in [-0.25, -0.2) is 0 Å². The Hall–Kier alpha value is -0.160. The molecule has 0 amide bonds. The zero-order chi connectivity index (χ0) is 7.45. The van der Waals surface area contributed by atoms with Crippen molar-refractivity contribution in [2.24, 2.45) is 16.9 Å². The summed E-state index contributed by atoms with van der Waals surface area (Å²) in [6.45, 7) is 2.69. The van der Waals surface area contributed by atoms with Gasteiger partial charge in [0.1, 0.15) is 6.79 Å². The van der Waals surface area contributed by atoms with Crippen LogP contribution < -0.4 is 11.5 Å². The average Bonchev–Trinajstić information content (AvgIpc) is 2.06. The van der Waals surface area contributed by atoms with Crippen LogP contribution in [-0.4, -0.2) is 33.1 Å². The van der Waals surface area contributed by atoms with Crippen molar-refractivity contribution in [3.8, 4) is 0 Å². The highest BCUT2D eigenvalue weighted by atomic mass is 16.7. The number of ether oxygens (including phenoxy) is 2. The first-order valence-electron chi connectivity index (χ1n) is 3.39. The van der Waals surface area contributed by atoms with Crippen molar-refractivity contribution in [2.45, 2.75) is 0 Å². The zero-order valence-corrected chi connectivity index (χ0v) is 6.01. The summed E-state index contributed by atoms with van der Waals surface area (Å²) in [7, 11) is 0. The summed E-state index contributed by atoms with van der Waals surface area (Å²) in [4.78, 5) is 0. The Morgan fingerprint density at radius 3 is 1.90 bits per heavy atom. The van der Waals surface area contributed by atoms with Crippen LogP contribution in [-0.2, 0) is 9.47 Å². The summed E-state index contributed by atoms with van der Waals surface area (Å²) >= 11 is 0. The summed E-state index contributed by atoms with van der Waals surface area (Å²) in [6, 6.07) is 0. The fourth-order valence-electron chi connectivity index (χ4n) is 0.936. The van der Waals surface area contributed by atoms with Crippen LogP contribution in [0.5, 0.6) is 0 Å². The molecule has 0 aromatic heterocycles. The number of rotatable bonds is 2. The topological polar surface area (TPSA) is 70.5 Å². The second-order valence-electron chi connectivity index (χ2n) is 2.72. The molecule has 0 radical (unpaired) electrons. The van der Waals surface area contributed by atoms with Crippen LogP contribution >= 0.6 is 0 Å². The molecule has 4 N–H and O–H groups in total. The minimum Gasteiger partial charge on any atom is -0.355 e. The third kappa shape index (κ3) is 1.46. The van der Waals surface area contributed by atoms with Crippen LogP contribution in [0.2, 0.25) is 0 Å². The molecule has 4 heteroatoms. The van der Waals surface area contributed by atoms with Gasteiger partial charge < -0.3 is 20.9 Å². The van der Waals surface area contributed by atoms with E-state index in [1.54, 1.807) is 0 Å². The predicted molar refractivity (Wildman–Crippen MR) is 37.3 cm³/mol. The Morgan fingerprint density at radius 1 is 1.10 bits per heavy atom. The summed E-state index contributed by atoms with van der Waals surface area (Å²) in [5.41, 5.74) is 10.9. The molecule has 0 aromatic rings. The van der Waals surface area contributed by atoms with Crippen LogP contribution in [0.3, 0.4) is 0 Å². The highest BCUT2D eigenvalue weighted by Gasteiger charge is 2.30. The van der Waals surface area contributed by atoms with Gasteiger partial charge in [-0.3, -0.25) is 0 Å². The third-order valence-corrected chi connectivity index (χ3v) is 1.85. The predicted octanol–water partition coefficient (Wildman–Crippen LogP) is -1.11. The molecule has 0 unspecified atom stereocenters. The first-order chi connectivity index (χ1) is 4.83. The lowest BCUT2D eigenvalue weighted by molar-refractivity contribution is -0.158. The van der Waals surface area contributed by atoms with Crippen LogP contribution in [0.25, 0.3) is 0 Å². The highest BCUT2D eigenvalue weighted by molar-refractivity contribution is 4.82. The quantitative estimate of drug-likeness (QED) is 0.518. The van der Waals surface area contributed by atoms with Gasteiger partial charge in [0.2, 0.25) is 0 Å². The molecule has 1 rings (SSSR count). The van der Waals surface area contributed by atoms with Crippen molar-refractivity contribution < 1.29 is 9.47 Å². The molecule has 1 heterocycles. The lowest BCUT2D eigenvalue weighted by atomic mass is 9.90. The van der Waals surface area contributed by atoms with Gasteiger partial charge in [-0.15, -0.1) is 0 Å². The van der Waals surface area contributed by atoms with Gasteiger partial charge in [0, 0.05) is 18.5 Å². The first-order valence-corrected chi connectivity index (χ1v) is 3.39. The molecule has 0 bridgehead atoms. The van der Waals surface area contributed by atoms with Crippen molar-refractivity contribution in [3.05, 3.63) is 0 Å². The van der Waals surface area contributed by atoms with Gasteiger partial charge in [0.15, 0.2) is 0 Å². The molecule has 10 heavy (non-hydrogen) atoms. The van der Waals surface area contributed by atoms with E-state index in [1.807, 2.05) is 0 Å². The Morgan fingerprint density at radius 2 is 1.60 bits per heavy atom. The molecule has 1 fully saturated rings. The molecular weight excluding hydrogens is 132 g/mol. The van der Waals surface area contributed by atoms with Crippen LogP contribution in [0.1, 0.15) is 0 Å². The fourth-order valence-corrected chi connectivity index (χ4v) is 0.936. The maximum atomic E-state index is 5.51. The molecule has 60 valence electrons. The van der Waals surface area contributed by atoms with E-state index in [1.165, 1.54) is 0 Å². The van der Waals surface area contributed by atoms with Crippen LogP contribution in [0.15, 0.2) is 0 Å². The molecule has 0 atom stereocenters. The summed E-state index contributed by atoms with van der Waals surface area (Å²) in [5.74, 6) is 0. The Balaban J connectivity index is 2.44. The first kappa shape index (κ1) is 7.94. The lowest BCUT2D eigenvalue weighted by Gasteiger charge is -2.34. The summed E-state index contributed by atoms with van der Waals surface area (Å²) < 4.78 is 10.2. The van der Waals surface area contributed by atoms with Gasteiger partial charge >= 0.3 is 0 Å². The van der Waals surface area contributed by atoms with Gasteiger partial charge in [0.25, 0.3) is 0 Å². The molecule has 1 aliphatic heterocycles. The molecule has 4 nitrogen and oxygen atoms in total. The third-order valence-electron chi connectivity index (χ3n) is 1.85. The zero-order valence-electron chi connectivity index (χ0n) is 6.01. The van der Waals surface area contributed by atoms with Crippen molar-refractivity contribution in [3.63, 3.8) is 0 Å². The van der Waals surface area contributed by atoms with Gasteiger partial charge in [-0.1, -0.05) is 0 Å². The largest absolute Gasteiger partial charge is 0.355 e. The number of hydrogen-bond acceptors (Lipinski definition) is 4. The maximum Gasteiger partial charge on any atom is 0.146 e. The Labute approximate surface area is 60.5 Å². The van der Waals surface area contributed by atoms with E-state index in [4.69, 9.17) is 20.9 Å². The Bertz CT molecular complexity index is 95.9. The Kier molecular flexibility index (Phi) is 2.62. The van der Waals surface area contributed by atoms with E-state index < -0.39 is 0 Å². The molecule has 1 saturated heterocycles. The van der Waals surface area contributed by atoms with E-state index in [0.717, 1.165) is 0 Å². The minimum absolute atomic E-state index is 0.127. The van der Waals surface area contributed by atoms with Gasteiger partial charge in [0.05, 0.1) is 13.2 Å². The van der Waals surface area contributed by atoms with Crippen molar-refractivity contribution in [1.82, 2.24) is 0 Å². The van der Waals surface area contributed by atoms with Gasteiger partial charge in [-0.2, -0.15) is 0 Å².